The lowest BCUT2D eigenvalue weighted by molar-refractivity contribution is -0.137. The predicted octanol–water partition coefficient (Wildman–Crippen LogP) is 5.03. The molecule has 0 atom stereocenters. The standard InChI is InChI=1S/C24H20F3N3O4S/c1-34-20-6-8-21(9-7-20)35(32,33)30(19-4-2-3-17(14-19)24(25,26)27)15-23(31)29-18-5-10-22-16(13-18)11-12-28-22/h2-14,28H,15H2,1H3,(H,29,31). The fraction of sp³-hybridized carbons (Fsp3) is 0.125. The van der Waals surface area contributed by atoms with E-state index in [9.17, 15) is 26.4 Å². The third-order valence-electron chi connectivity index (χ3n) is 5.23. The number of carbonyl (C=O) groups is 1. The molecular formula is C24H20F3N3O4S. The zero-order chi connectivity index (χ0) is 25.2. The van der Waals surface area contributed by atoms with Gasteiger partial charge < -0.3 is 15.0 Å². The van der Waals surface area contributed by atoms with Crippen LogP contribution in [0.15, 0.2) is 83.9 Å². The molecule has 0 saturated carbocycles. The lowest BCUT2D eigenvalue weighted by Gasteiger charge is -2.25. The maximum Gasteiger partial charge on any atom is 0.416 e. The van der Waals surface area contributed by atoms with Crippen LogP contribution >= 0.6 is 0 Å². The molecule has 0 aliphatic carbocycles. The van der Waals surface area contributed by atoms with Crippen molar-refractivity contribution in [2.24, 2.45) is 0 Å². The molecule has 1 amide bonds. The number of H-pyrrole nitrogens is 1. The van der Waals surface area contributed by atoms with Crippen LogP contribution in [-0.4, -0.2) is 33.0 Å². The molecule has 11 heteroatoms. The minimum Gasteiger partial charge on any atom is -0.497 e. The average Bonchev–Trinajstić information content (AvgIpc) is 3.30. The third-order valence-corrected chi connectivity index (χ3v) is 7.02. The molecule has 1 heterocycles. The summed E-state index contributed by atoms with van der Waals surface area (Å²) in [4.78, 5) is 15.7. The van der Waals surface area contributed by atoms with Gasteiger partial charge in [0.25, 0.3) is 10.0 Å². The molecule has 0 spiro atoms. The summed E-state index contributed by atoms with van der Waals surface area (Å²) >= 11 is 0. The number of alkyl halides is 3. The first-order chi connectivity index (χ1) is 16.6. The Hall–Kier alpha value is -3.99. The van der Waals surface area contributed by atoms with Gasteiger partial charge in [-0.05, 0) is 66.7 Å². The first-order valence-corrected chi connectivity index (χ1v) is 11.7. The molecule has 4 aromatic rings. The van der Waals surface area contributed by atoms with Crippen LogP contribution in [0.3, 0.4) is 0 Å². The largest absolute Gasteiger partial charge is 0.497 e. The molecule has 0 fully saturated rings. The molecule has 0 unspecified atom stereocenters. The number of aromatic amines is 1. The van der Waals surface area contributed by atoms with E-state index in [4.69, 9.17) is 4.74 Å². The number of carbonyl (C=O) groups excluding carboxylic acids is 1. The van der Waals surface area contributed by atoms with Gasteiger partial charge in [-0.3, -0.25) is 9.10 Å². The van der Waals surface area contributed by atoms with Crippen molar-refractivity contribution >= 4 is 38.2 Å². The Morgan fingerprint density at radius 3 is 2.46 bits per heavy atom. The van der Waals surface area contributed by atoms with Crippen LogP contribution in [0.4, 0.5) is 24.5 Å². The van der Waals surface area contributed by atoms with Gasteiger partial charge in [-0.25, -0.2) is 8.42 Å². The second-order valence-electron chi connectivity index (χ2n) is 7.56. The zero-order valence-electron chi connectivity index (χ0n) is 18.3. The van der Waals surface area contributed by atoms with Crippen molar-refractivity contribution in [2.75, 3.05) is 23.3 Å². The number of fused-ring (bicyclic) bond motifs is 1. The van der Waals surface area contributed by atoms with Gasteiger partial charge in [-0.1, -0.05) is 6.07 Å². The van der Waals surface area contributed by atoms with E-state index in [2.05, 4.69) is 10.3 Å². The van der Waals surface area contributed by atoms with Gasteiger partial charge >= 0.3 is 6.18 Å². The number of nitrogens with zero attached hydrogens (tertiary/aromatic N) is 1. The lowest BCUT2D eigenvalue weighted by atomic mass is 10.2. The van der Waals surface area contributed by atoms with Crippen molar-refractivity contribution in [3.63, 3.8) is 0 Å². The topological polar surface area (TPSA) is 91.5 Å². The van der Waals surface area contributed by atoms with Crippen LogP contribution in [0.1, 0.15) is 5.56 Å². The fourth-order valence-corrected chi connectivity index (χ4v) is 4.90. The van der Waals surface area contributed by atoms with Crippen molar-refractivity contribution in [1.29, 1.82) is 0 Å². The summed E-state index contributed by atoms with van der Waals surface area (Å²) in [7, 11) is -3.00. The van der Waals surface area contributed by atoms with Crippen LogP contribution in [-0.2, 0) is 21.0 Å². The van der Waals surface area contributed by atoms with Crippen LogP contribution in [0, 0.1) is 0 Å². The summed E-state index contributed by atoms with van der Waals surface area (Å²) in [6, 6.07) is 16.0. The van der Waals surface area contributed by atoms with Gasteiger partial charge in [0.2, 0.25) is 5.91 Å². The molecule has 182 valence electrons. The lowest BCUT2D eigenvalue weighted by Crippen LogP contribution is -2.38. The summed E-state index contributed by atoms with van der Waals surface area (Å²) in [5, 5.41) is 3.43. The second-order valence-corrected chi connectivity index (χ2v) is 9.43. The monoisotopic (exact) mass is 503 g/mol. The molecule has 7 nitrogen and oxygen atoms in total. The number of aromatic nitrogens is 1. The maximum atomic E-state index is 13.4. The van der Waals surface area contributed by atoms with Crippen LogP contribution in [0.25, 0.3) is 10.9 Å². The first-order valence-electron chi connectivity index (χ1n) is 10.3. The minimum absolute atomic E-state index is 0.211. The number of sulfonamides is 1. The van der Waals surface area contributed by atoms with E-state index in [0.717, 1.165) is 23.0 Å². The van der Waals surface area contributed by atoms with E-state index in [1.807, 2.05) is 0 Å². The molecule has 35 heavy (non-hydrogen) atoms. The fourth-order valence-electron chi connectivity index (χ4n) is 3.49. The van der Waals surface area contributed by atoms with Crippen molar-refractivity contribution < 1.29 is 31.1 Å². The smallest absolute Gasteiger partial charge is 0.416 e. The van der Waals surface area contributed by atoms with E-state index >= 15 is 0 Å². The number of ether oxygens (including phenoxy) is 1. The summed E-state index contributed by atoms with van der Waals surface area (Å²) in [6.07, 6.45) is -2.97. The third kappa shape index (κ3) is 5.24. The molecule has 4 rings (SSSR count). The summed E-state index contributed by atoms with van der Waals surface area (Å²) < 4.78 is 72.5. The number of rotatable bonds is 7. The normalized spacial score (nSPS) is 11.9. The number of hydrogen-bond donors (Lipinski definition) is 2. The number of benzene rings is 3. The highest BCUT2D eigenvalue weighted by atomic mass is 32.2. The molecule has 0 aliphatic heterocycles. The van der Waals surface area contributed by atoms with E-state index in [0.29, 0.717) is 21.8 Å². The van der Waals surface area contributed by atoms with Crippen molar-refractivity contribution in [1.82, 2.24) is 4.98 Å². The number of nitrogens with one attached hydrogen (secondary N) is 2. The molecule has 3 aromatic carbocycles. The van der Waals surface area contributed by atoms with Gasteiger partial charge in [-0.2, -0.15) is 13.2 Å². The predicted molar refractivity (Wildman–Crippen MR) is 126 cm³/mol. The van der Waals surface area contributed by atoms with Gasteiger partial charge in [0, 0.05) is 22.8 Å². The SMILES string of the molecule is COc1ccc(S(=O)(=O)N(CC(=O)Nc2ccc3[nH]ccc3c2)c2cccc(C(F)(F)F)c2)cc1. The Kier molecular flexibility index (Phi) is 6.44. The second kappa shape index (κ2) is 9.34. The van der Waals surface area contributed by atoms with Gasteiger partial charge in [0.1, 0.15) is 12.3 Å². The average molecular weight is 504 g/mol. The number of hydrogen-bond acceptors (Lipinski definition) is 4. The molecular weight excluding hydrogens is 483 g/mol. The quantitative estimate of drug-likeness (QED) is 0.370. The molecule has 0 radical (unpaired) electrons. The van der Waals surface area contributed by atoms with Gasteiger partial charge in [0.05, 0.1) is 23.3 Å². The molecule has 2 N–H and O–H groups in total. The maximum absolute atomic E-state index is 13.4. The first kappa shape index (κ1) is 24.1. The summed E-state index contributed by atoms with van der Waals surface area (Å²) in [6.45, 7) is -0.749. The van der Waals surface area contributed by atoms with Crippen molar-refractivity contribution in [3.05, 3.63) is 84.6 Å². The molecule has 0 saturated heterocycles. The van der Waals surface area contributed by atoms with E-state index in [1.54, 1.807) is 30.5 Å². The molecule has 0 aliphatic rings. The highest BCUT2D eigenvalue weighted by Gasteiger charge is 2.33. The number of halogens is 3. The molecule has 0 bridgehead atoms. The Morgan fingerprint density at radius 2 is 1.77 bits per heavy atom. The molecule has 1 aromatic heterocycles. The Bertz CT molecular complexity index is 1470. The Morgan fingerprint density at radius 1 is 1.03 bits per heavy atom. The van der Waals surface area contributed by atoms with Crippen LogP contribution < -0.4 is 14.4 Å². The highest BCUT2D eigenvalue weighted by molar-refractivity contribution is 7.92. The Labute approximate surface area is 199 Å². The summed E-state index contributed by atoms with van der Waals surface area (Å²) in [5.41, 5.74) is -0.0845. The number of methoxy groups -OCH3 is 1. The minimum atomic E-state index is -4.69. The number of amides is 1. The van der Waals surface area contributed by atoms with E-state index < -0.39 is 34.2 Å². The van der Waals surface area contributed by atoms with Gasteiger partial charge in [-0.15, -0.1) is 0 Å². The highest BCUT2D eigenvalue weighted by Crippen LogP contribution is 2.33. The van der Waals surface area contributed by atoms with E-state index in [-0.39, 0.29) is 10.6 Å². The van der Waals surface area contributed by atoms with Crippen LogP contribution in [0.5, 0.6) is 5.75 Å². The Balaban J connectivity index is 1.69. The van der Waals surface area contributed by atoms with E-state index in [1.165, 1.54) is 37.4 Å². The van der Waals surface area contributed by atoms with Crippen molar-refractivity contribution in [3.8, 4) is 5.75 Å². The summed E-state index contributed by atoms with van der Waals surface area (Å²) in [5.74, 6) is -0.332. The van der Waals surface area contributed by atoms with Gasteiger partial charge in [0.15, 0.2) is 0 Å². The van der Waals surface area contributed by atoms with Crippen LogP contribution in [0.2, 0.25) is 0 Å². The van der Waals surface area contributed by atoms with Crippen molar-refractivity contribution in [2.45, 2.75) is 11.1 Å². The number of anilines is 2. The zero-order valence-corrected chi connectivity index (χ0v) is 19.2.